The largest absolute Gasteiger partial charge is 0.481 e. The number of anilines is 1. The van der Waals surface area contributed by atoms with Crippen LogP contribution in [0.1, 0.15) is 36.2 Å². The molecule has 0 amide bonds. The normalized spacial score (nSPS) is 16.1. The fourth-order valence-corrected chi connectivity index (χ4v) is 3.36. The van der Waals surface area contributed by atoms with Gasteiger partial charge in [0.25, 0.3) is 0 Å². The highest BCUT2D eigenvalue weighted by molar-refractivity contribution is 6.31. The summed E-state index contributed by atoms with van der Waals surface area (Å²) in [5, 5.41) is 13.3. The number of carboxylic acids is 1. The smallest absolute Gasteiger partial charge is 0.309 e. The van der Waals surface area contributed by atoms with Crippen molar-refractivity contribution in [2.24, 2.45) is 5.92 Å². The van der Waals surface area contributed by atoms with E-state index >= 15 is 0 Å². The molecule has 1 aliphatic rings. The van der Waals surface area contributed by atoms with Gasteiger partial charge in [0, 0.05) is 36.5 Å². The molecule has 1 aromatic carbocycles. The third kappa shape index (κ3) is 4.34. The number of carbonyl (C=O) groups is 1. The second-order valence-electron chi connectivity index (χ2n) is 6.88. The summed E-state index contributed by atoms with van der Waals surface area (Å²) in [5.74, 6) is -0.956. The van der Waals surface area contributed by atoms with Crippen LogP contribution in [0.2, 0.25) is 5.02 Å². The quantitative estimate of drug-likeness (QED) is 0.764. The van der Waals surface area contributed by atoms with Crippen molar-refractivity contribution in [2.45, 2.75) is 32.9 Å². The molecule has 0 bridgehead atoms. The van der Waals surface area contributed by atoms with Crippen LogP contribution in [0.3, 0.4) is 0 Å². The van der Waals surface area contributed by atoms with E-state index in [4.69, 9.17) is 16.7 Å². The summed E-state index contributed by atoms with van der Waals surface area (Å²) in [6.07, 6.45) is 2.75. The number of pyridine rings is 1. The minimum atomic E-state index is -0.714. The molecule has 0 radical (unpaired) electrons. The number of rotatable bonds is 7. The standard InChI is InChI=1S/C20H24ClN3O2/c1-3-19(14-4-5-18(21)13(2)8-14)23-16-6-7-22-17(9-16)12-24-10-15(11-24)20(25)26/h4-9,15,19H,3,10-12H2,1-2H3,(H,22,23)(H,25,26). The van der Waals surface area contributed by atoms with E-state index in [1.807, 2.05) is 25.1 Å². The number of benzene rings is 1. The fourth-order valence-electron chi connectivity index (χ4n) is 3.25. The predicted molar refractivity (Wildman–Crippen MR) is 103 cm³/mol. The van der Waals surface area contributed by atoms with Crippen LogP contribution in [-0.4, -0.2) is 34.0 Å². The molecule has 1 saturated heterocycles. The first-order valence-electron chi connectivity index (χ1n) is 8.89. The number of hydrogen-bond donors (Lipinski definition) is 2. The van der Waals surface area contributed by atoms with Crippen LogP contribution in [0.5, 0.6) is 0 Å². The van der Waals surface area contributed by atoms with Gasteiger partial charge in [0.2, 0.25) is 0 Å². The van der Waals surface area contributed by atoms with Crippen LogP contribution >= 0.6 is 11.6 Å². The minimum Gasteiger partial charge on any atom is -0.481 e. The third-order valence-corrected chi connectivity index (χ3v) is 5.27. The Morgan fingerprint density at radius 1 is 1.38 bits per heavy atom. The number of nitrogens with one attached hydrogen (secondary N) is 1. The summed E-state index contributed by atoms with van der Waals surface area (Å²) in [7, 11) is 0. The molecule has 0 saturated carbocycles. The van der Waals surface area contributed by atoms with Gasteiger partial charge in [-0.1, -0.05) is 30.7 Å². The van der Waals surface area contributed by atoms with Crippen molar-refractivity contribution in [3.63, 3.8) is 0 Å². The van der Waals surface area contributed by atoms with Gasteiger partial charge in [-0.2, -0.15) is 0 Å². The maximum Gasteiger partial charge on any atom is 0.309 e. The van der Waals surface area contributed by atoms with Crippen LogP contribution in [0.25, 0.3) is 0 Å². The van der Waals surface area contributed by atoms with E-state index in [0.29, 0.717) is 19.6 Å². The van der Waals surface area contributed by atoms with E-state index < -0.39 is 5.97 Å². The third-order valence-electron chi connectivity index (χ3n) is 4.84. The van der Waals surface area contributed by atoms with Gasteiger partial charge in [-0.15, -0.1) is 0 Å². The van der Waals surface area contributed by atoms with Crippen molar-refractivity contribution in [2.75, 3.05) is 18.4 Å². The number of hydrogen-bond acceptors (Lipinski definition) is 4. The van der Waals surface area contributed by atoms with Gasteiger partial charge in [0.1, 0.15) is 0 Å². The Morgan fingerprint density at radius 2 is 2.15 bits per heavy atom. The Balaban J connectivity index is 1.65. The molecule has 2 heterocycles. The van der Waals surface area contributed by atoms with Gasteiger partial charge < -0.3 is 10.4 Å². The first kappa shape index (κ1) is 18.7. The van der Waals surface area contributed by atoms with E-state index in [1.165, 1.54) is 5.56 Å². The van der Waals surface area contributed by atoms with Crippen molar-refractivity contribution in [1.82, 2.24) is 9.88 Å². The minimum absolute atomic E-state index is 0.196. The van der Waals surface area contributed by atoms with E-state index in [9.17, 15) is 4.79 Å². The summed E-state index contributed by atoms with van der Waals surface area (Å²) >= 11 is 6.14. The fraction of sp³-hybridized carbons (Fsp3) is 0.400. The number of nitrogens with zero attached hydrogens (tertiary/aromatic N) is 2. The molecular weight excluding hydrogens is 350 g/mol. The molecular formula is C20H24ClN3O2. The molecule has 0 aliphatic carbocycles. The number of halogens is 1. The summed E-state index contributed by atoms with van der Waals surface area (Å²) in [4.78, 5) is 17.4. The average Bonchev–Trinajstić information content (AvgIpc) is 2.58. The van der Waals surface area contributed by atoms with Crippen molar-refractivity contribution < 1.29 is 9.90 Å². The van der Waals surface area contributed by atoms with Crippen molar-refractivity contribution in [3.8, 4) is 0 Å². The second kappa shape index (κ2) is 8.06. The summed E-state index contributed by atoms with van der Waals surface area (Å²) < 4.78 is 0. The predicted octanol–water partition coefficient (Wildman–Crippen LogP) is 4.12. The number of likely N-dealkylation sites (tertiary alicyclic amines) is 1. The first-order valence-corrected chi connectivity index (χ1v) is 9.26. The topological polar surface area (TPSA) is 65.5 Å². The van der Waals surface area contributed by atoms with Crippen molar-refractivity contribution in [1.29, 1.82) is 0 Å². The van der Waals surface area contributed by atoms with Gasteiger partial charge in [-0.3, -0.25) is 14.7 Å². The lowest BCUT2D eigenvalue weighted by Crippen LogP contribution is -2.49. The van der Waals surface area contributed by atoms with Gasteiger partial charge in [0.05, 0.1) is 17.7 Å². The maximum atomic E-state index is 10.9. The zero-order chi connectivity index (χ0) is 18.7. The summed E-state index contributed by atoms with van der Waals surface area (Å²) in [6, 6.07) is 10.3. The summed E-state index contributed by atoms with van der Waals surface area (Å²) in [5.41, 5.74) is 4.25. The van der Waals surface area contributed by atoms with Crippen LogP contribution in [-0.2, 0) is 11.3 Å². The van der Waals surface area contributed by atoms with E-state index in [1.54, 1.807) is 6.20 Å². The van der Waals surface area contributed by atoms with E-state index in [-0.39, 0.29) is 12.0 Å². The molecule has 1 fully saturated rings. The Labute approximate surface area is 159 Å². The molecule has 0 spiro atoms. The molecule has 1 aliphatic heterocycles. The number of aryl methyl sites for hydroxylation is 1. The molecule has 1 aromatic heterocycles. The summed E-state index contributed by atoms with van der Waals surface area (Å²) in [6.45, 7) is 6.03. The molecule has 26 heavy (non-hydrogen) atoms. The first-order chi connectivity index (χ1) is 12.5. The lowest BCUT2D eigenvalue weighted by atomic mass is 10.0. The highest BCUT2D eigenvalue weighted by atomic mass is 35.5. The molecule has 3 rings (SSSR count). The zero-order valence-electron chi connectivity index (χ0n) is 15.1. The van der Waals surface area contributed by atoms with Crippen LogP contribution in [0, 0.1) is 12.8 Å². The Morgan fingerprint density at radius 3 is 2.81 bits per heavy atom. The van der Waals surface area contributed by atoms with Crippen LogP contribution in [0.4, 0.5) is 5.69 Å². The lowest BCUT2D eigenvalue weighted by molar-refractivity contribution is -0.147. The number of aromatic nitrogens is 1. The Hall–Kier alpha value is -2.11. The SMILES string of the molecule is CCC(Nc1ccnc(CN2CC(C(=O)O)C2)c1)c1ccc(Cl)c(C)c1. The van der Waals surface area contributed by atoms with Gasteiger partial charge >= 0.3 is 5.97 Å². The van der Waals surface area contributed by atoms with E-state index in [2.05, 4.69) is 34.3 Å². The Kier molecular flexibility index (Phi) is 5.79. The molecule has 138 valence electrons. The second-order valence-corrected chi connectivity index (χ2v) is 7.29. The number of aliphatic carboxylic acids is 1. The van der Waals surface area contributed by atoms with Gasteiger partial charge in [-0.05, 0) is 42.7 Å². The molecule has 6 heteroatoms. The highest BCUT2D eigenvalue weighted by Gasteiger charge is 2.32. The average molecular weight is 374 g/mol. The number of carboxylic acid groups (broad SMARTS) is 1. The Bertz CT molecular complexity index is 790. The van der Waals surface area contributed by atoms with Gasteiger partial charge in [-0.25, -0.2) is 0 Å². The monoisotopic (exact) mass is 373 g/mol. The highest BCUT2D eigenvalue weighted by Crippen LogP contribution is 2.27. The van der Waals surface area contributed by atoms with E-state index in [0.717, 1.165) is 28.4 Å². The van der Waals surface area contributed by atoms with Crippen LogP contribution in [0.15, 0.2) is 36.5 Å². The van der Waals surface area contributed by atoms with Gasteiger partial charge in [0.15, 0.2) is 0 Å². The van der Waals surface area contributed by atoms with Crippen molar-refractivity contribution >= 4 is 23.3 Å². The zero-order valence-corrected chi connectivity index (χ0v) is 15.8. The molecule has 2 aromatic rings. The molecule has 5 nitrogen and oxygen atoms in total. The molecule has 1 unspecified atom stereocenters. The maximum absolute atomic E-state index is 10.9. The molecule has 2 N–H and O–H groups in total. The van der Waals surface area contributed by atoms with Crippen molar-refractivity contribution in [3.05, 3.63) is 58.4 Å². The van der Waals surface area contributed by atoms with Crippen LogP contribution < -0.4 is 5.32 Å². The molecule has 1 atom stereocenters. The lowest BCUT2D eigenvalue weighted by Gasteiger charge is -2.36.